The molecule has 0 aromatic carbocycles. The first-order chi connectivity index (χ1) is 9.86. The molecule has 0 bridgehead atoms. The van der Waals surface area contributed by atoms with Crippen LogP contribution in [0.1, 0.15) is 50.8 Å². The van der Waals surface area contributed by atoms with Crippen molar-refractivity contribution >= 4 is 37.3 Å². The van der Waals surface area contributed by atoms with Crippen molar-refractivity contribution in [2.75, 3.05) is 6.54 Å². The van der Waals surface area contributed by atoms with Gasteiger partial charge in [-0.2, -0.15) is 0 Å². The van der Waals surface area contributed by atoms with Gasteiger partial charge >= 0.3 is 0 Å². The summed E-state index contributed by atoms with van der Waals surface area (Å²) in [7, 11) is -3.47. The maximum atomic E-state index is 12.7. The van der Waals surface area contributed by atoms with Crippen LogP contribution in [0.2, 0.25) is 0 Å². The van der Waals surface area contributed by atoms with Gasteiger partial charge in [0.25, 0.3) is 0 Å². The molecule has 0 aliphatic heterocycles. The molecule has 1 fully saturated rings. The summed E-state index contributed by atoms with van der Waals surface area (Å²) in [6.45, 7) is 5.62. The summed E-state index contributed by atoms with van der Waals surface area (Å²) in [4.78, 5) is 1.39. The predicted octanol–water partition coefficient (Wildman–Crippen LogP) is 3.62. The standard InChI is InChI=1S/C14H23BrN2O2S2/c1-3-16-10-11-9-12(13(15)20-11)21(18,19)17-14(2)7-5-4-6-8-14/h9,16-17H,3-8,10H2,1-2H3. The van der Waals surface area contributed by atoms with Gasteiger partial charge in [0.1, 0.15) is 4.90 Å². The monoisotopic (exact) mass is 394 g/mol. The average Bonchev–Trinajstić information content (AvgIpc) is 2.78. The molecule has 0 atom stereocenters. The lowest BCUT2D eigenvalue weighted by molar-refractivity contribution is 0.294. The van der Waals surface area contributed by atoms with Crippen molar-refractivity contribution < 1.29 is 8.42 Å². The molecule has 7 heteroatoms. The van der Waals surface area contributed by atoms with Gasteiger partial charge in [0.15, 0.2) is 0 Å². The molecule has 4 nitrogen and oxygen atoms in total. The van der Waals surface area contributed by atoms with E-state index < -0.39 is 10.0 Å². The predicted molar refractivity (Wildman–Crippen MR) is 91.2 cm³/mol. The van der Waals surface area contributed by atoms with Crippen molar-refractivity contribution in [1.82, 2.24) is 10.0 Å². The Bertz CT molecular complexity index is 578. The van der Waals surface area contributed by atoms with E-state index in [1.54, 1.807) is 6.07 Å². The third-order valence-electron chi connectivity index (χ3n) is 3.88. The minimum Gasteiger partial charge on any atom is -0.312 e. The maximum absolute atomic E-state index is 12.7. The third-order valence-corrected chi connectivity index (χ3v) is 7.77. The Balaban J connectivity index is 2.17. The van der Waals surface area contributed by atoms with Crippen molar-refractivity contribution in [2.24, 2.45) is 0 Å². The summed E-state index contributed by atoms with van der Waals surface area (Å²) in [5, 5.41) is 3.22. The van der Waals surface area contributed by atoms with Crippen LogP contribution in [0, 0.1) is 0 Å². The van der Waals surface area contributed by atoms with Crippen LogP contribution in [0.5, 0.6) is 0 Å². The smallest absolute Gasteiger partial charge is 0.243 e. The molecule has 120 valence electrons. The molecule has 1 aromatic heterocycles. The van der Waals surface area contributed by atoms with Gasteiger partial charge in [0, 0.05) is 17.0 Å². The third kappa shape index (κ3) is 4.51. The van der Waals surface area contributed by atoms with Gasteiger partial charge in [-0.3, -0.25) is 0 Å². The summed E-state index contributed by atoms with van der Waals surface area (Å²) in [5.41, 5.74) is -0.305. The number of rotatable bonds is 6. The van der Waals surface area contributed by atoms with Crippen molar-refractivity contribution in [3.8, 4) is 0 Å². The first kappa shape index (κ1) is 17.4. The highest BCUT2D eigenvalue weighted by Crippen LogP contribution is 2.34. The highest BCUT2D eigenvalue weighted by molar-refractivity contribution is 9.11. The van der Waals surface area contributed by atoms with Gasteiger partial charge in [-0.25, -0.2) is 13.1 Å². The molecule has 2 N–H and O–H groups in total. The molecule has 21 heavy (non-hydrogen) atoms. The minimum atomic E-state index is -3.47. The SMILES string of the molecule is CCNCc1cc(S(=O)(=O)NC2(C)CCCCC2)c(Br)s1. The summed E-state index contributed by atoms with van der Waals surface area (Å²) < 4.78 is 28.9. The fraction of sp³-hybridized carbons (Fsp3) is 0.714. The molecule has 1 aromatic rings. The molecular weight excluding hydrogens is 372 g/mol. The van der Waals surface area contributed by atoms with Gasteiger partial charge in [0.05, 0.1) is 3.79 Å². The Morgan fingerprint density at radius 1 is 1.33 bits per heavy atom. The van der Waals surface area contributed by atoms with Crippen LogP contribution in [-0.2, 0) is 16.6 Å². The van der Waals surface area contributed by atoms with Gasteiger partial charge in [-0.05, 0) is 48.3 Å². The highest BCUT2D eigenvalue weighted by atomic mass is 79.9. The first-order valence-corrected chi connectivity index (χ1v) is 10.5. The second kappa shape index (κ2) is 7.08. The van der Waals surface area contributed by atoms with Crippen molar-refractivity contribution in [2.45, 2.75) is 62.9 Å². The largest absolute Gasteiger partial charge is 0.312 e. The molecule has 1 aliphatic rings. The quantitative estimate of drug-likeness (QED) is 0.774. The molecule has 0 saturated heterocycles. The second-order valence-electron chi connectivity index (χ2n) is 5.86. The minimum absolute atomic E-state index is 0.305. The molecular formula is C14H23BrN2O2S2. The average molecular weight is 395 g/mol. The fourth-order valence-electron chi connectivity index (χ4n) is 2.73. The lowest BCUT2D eigenvalue weighted by Crippen LogP contribution is -2.47. The fourth-order valence-corrected chi connectivity index (χ4v) is 6.85. The molecule has 1 heterocycles. The first-order valence-electron chi connectivity index (χ1n) is 7.39. The van der Waals surface area contributed by atoms with Gasteiger partial charge in [-0.15, -0.1) is 11.3 Å². The maximum Gasteiger partial charge on any atom is 0.243 e. The summed E-state index contributed by atoms with van der Waals surface area (Å²) in [6.07, 6.45) is 5.22. The van der Waals surface area contributed by atoms with E-state index in [1.807, 2.05) is 13.8 Å². The summed E-state index contributed by atoms with van der Waals surface area (Å²) >= 11 is 4.88. The van der Waals surface area contributed by atoms with Crippen LogP contribution >= 0.6 is 27.3 Å². The second-order valence-corrected chi connectivity index (χ2v) is 9.96. The number of hydrogen-bond acceptors (Lipinski definition) is 4. The van der Waals surface area contributed by atoms with E-state index in [0.29, 0.717) is 15.2 Å². The summed E-state index contributed by atoms with van der Waals surface area (Å²) in [5.74, 6) is 0. The van der Waals surface area contributed by atoms with Crippen molar-refractivity contribution in [3.05, 3.63) is 14.7 Å². The topological polar surface area (TPSA) is 58.2 Å². The number of sulfonamides is 1. The molecule has 0 spiro atoms. The van der Waals surface area contributed by atoms with E-state index in [4.69, 9.17) is 0 Å². The van der Waals surface area contributed by atoms with Crippen LogP contribution in [0.4, 0.5) is 0 Å². The number of nitrogens with one attached hydrogen (secondary N) is 2. The van der Waals surface area contributed by atoms with E-state index in [-0.39, 0.29) is 5.54 Å². The molecule has 0 amide bonds. The van der Waals surface area contributed by atoms with E-state index in [9.17, 15) is 8.42 Å². The van der Waals surface area contributed by atoms with Gasteiger partial charge in [-0.1, -0.05) is 26.2 Å². The van der Waals surface area contributed by atoms with Gasteiger partial charge in [0.2, 0.25) is 10.0 Å². The Labute approximate surface area is 139 Å². The Kier molecular flexibility index (Phi) is 5.87. The van der Waals surface area contributed by atoms with Crippen molar-refractivity contribution in [1.29, 1.82) is 0 Å². The lowest BCUT2D eigenvalue weighted by atomic mass is 9.84. The Morgan fingerprint density at radius 3 is 2.62 bits per heavy atom. The number of hydrogen-bond donors (Lipinski definition) is 2. The number of halogens is 1. The highest BCUT2D eigenvalue weighted by Gasteiger charge is 2.33. The van der Waals surface area contributed by atoms with Crippen LogP contribution in [0.25, 0.3) is 0 Å². The molecule has 1 aliphatic carbocycles. The van der Waals surface area contributed by atoms with E-state index >= 15 is 0 Å². The van der Waals surface area contributed by atoms with Crippen LogP contribution in [0.3, 0.4) is 0 Å². The molecule has 1 saturated carbocycles. The van der Waals surface area contributed by atoms with E-state index in [0.717, 1.165) is 37.1 Å². The van der Waals surface area contributed by atoms with Gasteiger partial charge < -0.3 is 5.32 Å². The zero-order valence-corrected chi connectivity index (χ0v) is 15.8. The number of thiophene rings is 1. The molecule has 0 radical (unpaired) electrons. The molecule has 2 rings (SSSR count). The lowest BCUT2D eigenvalue weighted by Gasteiger charge is -2.34. The van der Waals surface area contributed by atoms with Crippen LogP contribution in [0.15, 0.2) is 14.7 Å². The zero-order valence-electron chi connectivity index (χ0n) is 12.5. The Hall–Kier alpha value is 0.0500. The van der Waals surface area contributed by atoms with Crippen molar-refractivity contribution in [3.63, 3.8) is 0 Å². The molecule has 0 unspecified atom stereocenters. The van der Waals surface area contributed by atoms with E-state index in [1.165, 1.54) is 17.8 Å². The zero-order chi connectivity index (χ0) is 15.5. The van der Waals surface area contributed by atoms with E-state index in [2.05, 4.69) is 26.0 Å². The Morgan fingerprint density at radius 2 is 2.00 bits per heavy atom. The van der Waals surface area contributed by atoms with Crippen LogP contribution in [-0.4, -0.2) is 20.5 Å². The van der Waals surface area contributed by atoms with Crippen LogP contribution < -0.4 is 10.0 Å². The summed E-state index contributed by atoms with van der Waals surface area (Å²) in [6, 6.07) is 1.77. The normalized spacial score (nSPS) is 18.8.